The molecule has 2 saturated heterocycles. The highest BCUT2D eigenvalue weighted by Crippen LogP contribution is 2.31. The van der Waals surface area contributed by atoms with Crippen molar-refractivity contribution in [2.24, 2.45) is 0 Å². The van der Waals surface area contributed by atoms with Crippen LogP contribution in [0.1, 0.15) is 26.7 Å². The SMILES string of the molecule is CCn1c2ccccc2c2cc(NC(=O)C(C)N3CCN(C4CCCN(C)C4)CC3)ccc21. The molecule has 1 amide bonds. The third-order valence-electron chi connectivity index (χ3n) is 7.75. The first-order valence-corrected chi connectivity index (χ1v) is 12.5. The average Bonchev–Trinajstić information content (AvgIpc) is 3.16. The van der Waals surface area contributed by atoms with Crippen LogP contribution in [-0.4, -0.2) is 83.6 Å². The van der Waals surface area contributed by atoms with Crippen LogP contribution in [0.25, 0.3) is 21.8 Å². The number of aryl methyl sites for hydroxylation is 1. The normalized spacial score (nSPS) is 22.1. The van der Waals surface area contributed by atoms with E-state index in [1.165, 1.54) is 47.7 Å². The number of likely N-dealkylation sites (N-methyl/N-ethyl adjacent to an activating group) is 1. The summed E-state index contributed by atoms with van der Waals surface area (Å²) in [5.41, 5.74) is 3.34. The largest absolute Gasteiger partial charge is 0.341 e. The molecule has 2 atom stereocenters. The van der Waals surface area contributed by atoms with Gasteiger partial charge in [0.15, 0.2) is 0 Å². The van der Waals surface area contributed by atoms with Crippen LogP contribution >= 0.6 is 0 Å². The van der Waals surface area contributed by atoms with Crippen molar-refractivity contribution in [3.05, 3.63) is 42.5 Å². The molecule has 0 bridgehead atoms. The molecule has 2 aromatic carbocycles. The van der Waals surface area contributed by atoms with Gasteiger partial charge >= 0.3 is 0 Å². The van der Waals surface area contributed by atoms with Gasteiger partial charge in [-0.05, 0) is 64.5 Å². The van der Waals surface area contributed by atoms with Crippen LogP contribution in [0.4, 0.5) is 5.69 Å². The Balaban J connectivity index is 1.24. The van der Waals surface area contributed by atoms with Gasteiger partial charge in [0.1, 0.15) is 0 Å². The molecule has 1 aromatic heterocycles. The summed E-state index contributed by atoms with van der Waals surface area (Å²) in [6, 6.07) is 15.4. The lowest BCUT2D eigenvalue weighted by molar-refractivity contribution is -0.121. The van der Waals surface area contributed by atoms with Gasteiger partial charge in [0.2, 0.25) is 5.91 Å². The van der Waals surface area contributed by atoms with Crippen molar-refractivity contribution >= 4 is 33.4 Å². The Bertz CT molecular complexity index is 1130. The van der Waals surface area contributed by atoms with Crippen molar-refractivity contribution in [3.63, 3.8) is 0 Å². The van der Waals surface area contributed by atoms with E-state index in [1.54, 1.807) is 0 Å². The Morgan fingerprint density at radius 3 is 2.55 bits per heavy atom. The van der Waals surface area contributed by atoms with E-state index in [0.29, 0.717) is 6.04 Å². The summed E-state index contributed by atoms with van der Waals surface area (Å²) in [5, 5.41) is 5.63. The lowest BCUT2D eigenvalue weighted by atomic mass is 10.0. The van der Waals surface area contributed by atoms with E-state index in [4.69, 9.17) is 0 Å². The number of para-hydroxylation sites is 1. The van der Waals surface area contributed by atoms with Crippen molar-refractivity contribution in [2.75, 3.05) is 51.6 Å². The second-order valence-electron chi connectivity index (χ2n) is 9.79. The fourth-order valence-electron chi connectivity index (χ4n) is 5.81. The summed E-state index contributed by atoms with van der Waals surface area (Å²) in [5.74, 6) is 0.0828. The third-order valence-corrected chi connectivity index (χ3v) is 7.75. The lowest BCUT2D eigenvalue weighted by Crippen LogP contribution is -2.57. The second kappa shape index (κ2) is 9.45. The smallest absolute Gasteiger partial charge is 0.241 e. The summed E-state index contributed by atoms with van der Waals surface area (Å²) in [7, 11) is 2.23. The number of carbonyl (C=O) groups is 1. The molecule has 0 radical (unpaired) electrons. The van der Waals surface area contributed by atoms with E-state index in [1.807, 2.05) is 13.0 Å². The van der Waals surface area contributed by atoms with Crippen LogP contribution in [0.2, 0.25) is 0 Å². The van der Waals surface area contributed by atoms with Crippen LogP contribution in [-0.2, 0) is 11.3 Å². The summed E-state index contributed by atoms with van der Waals surface area (Å²) in [6.07, 6.45) is 2.60. The second-order valence-corrected chi connectivity index (χ2v) is 9.79. The summed E-state index contributed by atoms with van der Waals surface area (Å²) < 4.78 is 2.34. The maximum absolute atomic E-state index is 13.1. The summed E-state index contributed by atoms with van der Waals surface area (Å²) in [6.45, 7) is 11.6. The molecule has 5 rings (SSSR count). The number of nitrogens with zero attached hydrogens (tertiary/aromatic N) is 4. The van der Waals surface area contributed by atoms with Gasteiger partial charge in [-0.25, -0.2) is 0 Å². The first kappa shape index (κ1) is 22.4. The van der Waals surface area contributed by atoms with E-state index in [2.05, 4.69) is 75.0 Å². The number of anilines is 1. The Morgan fingerprint density at radius 1 is 1.03 bits per heavy atom. The first-order valence-electron chi connectivity index (χ1n) is 12.5. The van der Waals surface area contributed by atoms with Crippen LogP contribution in [0, 0.1) is 0 Å². The minimum absolute atomic E-state index is 0.0828. The van der Waals surface area contributed by atoms with Crippen molar-refractivity contribution < 1.29 is 4.79 Å². The Hall–Kier alpha value is -2.41. The molecule has 2 unspecified atom stereocenters. The van der Waals surface area contributed by atoms with Crippen LogP contribution < -0.4 is 5.32 Å². The highest BCUT2D eigenvalue weighted by molar-refractivity contribution is 6.10. The van der Waals surface area contributed by atoms with Crippen LogP contribution in [0.3, 0.4) is 0 Å². The molecule has 6 nitrogen and oxygen atoms in total. The summed E-state index contributed by atoms with van der Waals surface area (Å²) in [4.78, 5) is 20.5. The zero-order valence-corrected chi connectivity index (χ0v) is 20.3. The van der Waals surface area contributed by atoms with Crippen LogP contribution in [0.15, 0.2) is 42.5 Å². The average molecular weight is 448 g/mol. The predicted octanol–water partition coefficient (Wildman–Crippen LogP) is 3.85. The molecule has 3 aromatic rings. The molecule has 0 aliphatic carbocycles. The maximum atomic E-state index is 13.1. The number of piperidine rings is 1. The standard InChI is InChI=1S/C27H37N5O/c1-4-32-25-10-6-5-9-23(25)24-18-21(11-12-26(24)32)28-27(33)20(2)30-14-16-31(17-15-30)22-8-7-13-29(3)19-22/h5-6,9-12,18,20,22H,4,7-8,13-17,19H2,1-3H3,(H,28,33). The van der Waals surface area contributed by atoms with E-state index < -0.39 is 0 Å². The molecule has 1 N–H and O–H groups in total. The number of rotatable bonds is 5. The summed E-state index contributed by atoms with van der Waals surface area (Å²) >= 11 is 0. The van der Waals surface area contributed by atoms with Gasteiger partial charge in [-0.3, -0.25) is 14.6 Å². The number of hydrogen-bond donors (Lipinski definition) is 1. The number of hydrogen-bond acceptors (Lipinski definition) is 4. The number of piperazine rings is 1. The molecule has 2 aliphatic rings. The van der Waals surface area contributed by atoms with Crippen LogP contribution in [0.5, 0.6) is 0 Å². The van der Waals surface area contributed by atoms with Gasteiger partial charge < -0.3 is 14.8 Å². The highest BCUT2D eigenvalue weighted by Gasteiger charge is 2.30. The molecule has 3 heterocycles. The molecule has 2 fully saturated rings. The number of likely N-dealkylation sites (tertiary alicyclic amines) is 1. The van der Waals surface area contributed by atoms with Gasteiger partial charge in [-0.15, -0.1) is 0 Å². The number of aromatic nitrogens is 1. The Labute approximate surface area is 197 Å². The maximum Gasteiger partial charge on any atom is 0.241 e. The molecule has 176 valence electrons. The number of benzene rings is 2. The number of amides is 1. The lowest BCUT2D eigenvalue weighted by Gasteiger charge is -2.43. The van der Waals surface area contributed by atoms with Gasteiger partial charge in [0.25, 0.3) is 0 Å². The van der Waals surface area contributed by atoms with Crippen molar-refractivity contribution in [1.29, 1.82) is 0 Å². The number of fused-ring (bicyclic) bond motifs is 3. The van der Waals surface area contributed by atoms with Crippen molar-refractivity contribution in [2.45, 2.75) is 45.3 Å². The third kappa shape index (κ3) is 4.39. The van der Waals surface area contributed by atoms with Crippen molar-refractivity contribution in [3.8, 4) is 0 Å². The molecule has 0 saturated carbocycles. The minimum atomic E-state index is -0.131. The van der Waals surface area contributed by atoms with Gasteiger partial charge in [-0.1, -0.05) is 18.2 Å². The zero-order valence-electron chi connectivity index (χ0n) is 20.3. The topological polar surface area (TPSA) is 43.8 Å². The number of carbonyl (C=O) groups excluding carboxylic acids is 1. The molecule has 6 heteroatoms. The van der Waals surface area contributed by atoms with E-state index in [9.17, 15) is 4.79 Å². The monoisotopic (exact) mass is 447 g/mol. The molecule has 2 aliphatic heterocycles. The van der Waals surface area contributed by atoms with Gasteiger partial charge in [-0.2, -0.15) is 0 Å². The fourth-order valence-corrected chi connectivity index (χ4v) is 5.81. The molecular weight excluding hydrogens is 410 g/mol. The van der Waals surface area contributed by atoms with Gasteiger partial charge in [0.05, 0.1) is 6.04 Å². The predicted molar refractivity (Wildman–Crippen MR) is 137 cm³/mol. The van der Waals surface area contributed by atoms with Crippen molar-refractivity contribution in [1.82, 2.24) is 19.3 Å². The Morgan fingerprint density at radius 2 is 1.79 bits per heavy atom. The van der Waals surface area contributed by atoms with E-state index >= 15 is 0 Å². The number of nitrogens with one attached hydrogen (secondary N) is 1. The van der Waals surface area contributed by atoms with Gasteiger partial charge in [0, 0.05) is 72.8 Å². The Kier molecular flexibility index (Phi) is 6.41. The van der Waals surface area contributed by atoms with E-state index in [0.717, 1.165) is 38.4 Å². The fraction of sp³-hybridized carbons (Fsp3) is 0.519. The molecule has 0 spiro atoms. The first-order chi connectivity index (χ1) is 16.0. The van der Waals surface area contributed by atoms with E-state index in [-0.39, 0.29) is 11.9 Å². The minimum Gasteiger partial charge on any atom is -0.341 e. The zero-order chi connectivity index (χ0) is 22.9. The molecular formula is C27H37N5O. The highest BCUT2D eigenvalue weighted by atomic mass is 16.2. The molecule has 33 heavy (non-hydrogen) atoms. The quantitative estimate of drug-likeness (QED) is 0.645.